The number of rotatable bonds is 4. The lowest BCUT2D eigenvalue weighted by Crippen LogP contribution is -2.28. The molecule has 1 N–H and O–H groups in total. The topological polar surface area (TPSA) is 59.3 Å². The smallest absolute Gasteiger partial charge is 0.252 e. The Kier molecular flexibility index (Phi) is 3.47. The number of hydrogen-bond donors (Lipinski definition) is 1. The average Bonchev–Trinajstić information content (AvgIpc) is 3.12. The van der Waals surface area contributed by atoms with Gasteiger partial charge in [0.15, 0.2) is 0 Å². The average molecular weight is 286 g/mol. The molecule has 1 atom stereocenters. The van der Waals surface area contributed by atoms with Gasteiger partial charge < -0.3 is 5.32 Å². The van der Waals surface area contributed by atoms with Crippen LogP contribution in [0, 0.1) is 0 Å². The summed E-state index contributed by atoms with van der Waals surface area (Å²) in [5.74, 6) is 0.578. The molecule has 0 fully saturated rings. The van der Waals surface area contributed by atoms with Crippen molar-refractivity contribution in [3.8, 4) is 0 Å². The molecule has 3 aromatic rings. The number of nitrogens with one attached hydrogen (secondary N) is 1. The van der Waals surface area contributed by atoms with E-state index in [-0.39, 0.29) is 11.9 Å². The molecule has 3 heterocycles. The van der Waals surface area contributed by atoms with Gasteiger partial charge in [0, 0.05) is 24.0 Å². The molecule has 0 aromatic carbocycles. The summed E-state index contributed by atoms with van der Waals surface area (Å²) in [5, 5.41) is 6.74. The van der Waals surface area contributed by atoms with Crippen molar-refractivity contribution in [3.05, 3.63) is 52.7 Å². The highest BCUT2D eigenvalue weighted by molar-refractivity contribution is 7.08. The van der Waals surface area contributed by atoms with Crippen LogP contribution >= 0.6 is 11.3 Å². The molecule has 0 aliphatic rings. The second-order valence-corrected chi connectivity index (χ2v) is 5.22. The predicted molar refractivity (Wildman–Crippen MR) is 77.8 cm³/mol. The van der Waals surface area contributed by atoms with Gasteiger partial charge >= 0.3 is 0 Å². The maximum absolute atomic E-state index is 12.1. The van der Waals surface area contributed by atoms with Crippen LogP contribution < -0.4 is 5.32 Å². The van der Waals surface area contributed by atoms with E-state index in [1.165, 1.54) is 11.3 Å². The minimum Gasteiger partial charge on any atom is -0.344 e. The van der Waals surface area contributed by atoms with Gasteiger partial charge in [-0.15, -0.1) is 0 Å². The van der Waals surface area contributed by atoms with E-state index in [9.17, 15) is 4.79 Å². The highest BCUT2D eigenvalue weighted by Gasteiger charge is 2.17. The molecule has 0 radical (unpaired) electrons. The number of fused-ring (bicyclic) bond motifs is 1. The van der Waals surface area contributed by atoms with Gasteiger partial charge in [-0.3, -0.25) is 9.20 Å². The lowest BCUT2D eigenvalue weighted by Gasteiger charge is -2.13. The summed E-state index contributed by atoms with van der Waals surface area (Å²) in [7, 11) is 0. The quantitative estimate of drug-likeness (QED) is 0.802. The largest absolute Gasteiger partial charge is 0.344 e. The standard InChI is InChI=1S/C14H14N4OS/c1-2-11(16-13(19)10-4-7-20-9-10)12-8-18-6-3-5-15-14(18)17-12/h3-9,11H,2H2,1H3,(H,16,19)/t11-/m1/s1. The number of hydrogen-bond acceptors (Lipinski definition) is 4. The summed E-state index contributed by atoms with van der Waals surface area (Å²) in [4.78, 5) is 20.8. The second kappa shape index (κ2) is 5.42. The zero-order valence-electron chi connectivity index (χ0n) is 11.0. The van der Waals surface area contributed by atoms with Crippen LogP contribution in [0.3, 0.4) is 0 Å². The summed E-state index contributed by atoms with van der Waals surface area (Å²) >= 11 is 1.51. The van der Waals surface area contributed by atoms with Crippen LogP contribution in [0.1, 0.15) is 35.4 Å². The zero-order valence-corrected chi connectivity index (χ0v) is 11.8. The normalized spacial score (nSPS) is 12.4. The molecule has 1 amide bonds. The van der Waals surface area contributed by atoms with Crippen molar-refractivity contribution >= 4 is 23.0 Å². The Balaban J connectivity index is 1.84. The lowest BCUT2D eigenvalue weighted by atomic mass is 10.1. The van der Waals surface area contributed by atoms with Crippen molar-refractivity contribution in [1.29, 1.82) is 0 Å². The van der Waals surface area contributed by atoms with Gasteiger partial charge in [-0.25, -0.2) is 9.97 Å². The lowest BCUT2D eigenvalue weighted by molar-refractivity contribution is 0.0935. The Morgan fingerprint density at radius 2 is 2.45 bits per heavy atom. The van der Waals surface area contributed by atoms with Crippen molar-refractivity contribution in [2.75, 3.05) is 0 Å². The molecular formula is C14H14N4OS. The van der Waals surface area contributed by atoms with E-state index in [1.807, 2.05) is 46.6 Å². The molecule has 3 rings (SSSR count). The Morgan fingerprint density at radius 3 is 3.15 bits per heavy atom. The van der Waals surface area contributed by atoms with Crippen LogP contribution in [0.5, 0.6) is 0 Å². The monoisotopic (exact) mass is 286 g/mol. The maximum Gasteiger partial charge on any atom is 0.252 e. The van der Waals surface area contributed by atoms with Crippen LogP contribution in [0.4, 0.5) is 0 Å². The molecule has 5 nitrogen and oxygen atoms in total. The molecule has 0 bridgehead atoms. The van der Waals surface area contributed by atoms with Crippen molar-refractivity contribution < 1.29 is 4.79 Å². The van der Waals surface area contributed by atoms with Crippen LogP contribution in [0.25, 0.3) is 5.78 Å². The van der Waals surface area contributed by atoms with Crippen LogP contribution in [-0.2, 0) is 0 Å². The Morgan fingerprint density at radius 1 is 1.55 bits per heavy atom. The predicted octanol–water partition coefficient (Wildman–Crippen LogP) is 2.67. The van der Waals surface area contributed by atoms with E-state index in [2.05, 4.69) is 15.3 Å². The first-order valence-electron chi connectivity index (χ1n) is 6.40. The first kappa shape index (κ1) is 12.8. The van der Waals surface area contributed by atoms with Crippen molar-refractivity contribution in [1.82, 2.24) is 19.7 Å². The van der Waals surface area contributed by atoms with E-state index < -0.39 is 0 Å². The molecule has 0 aliphatic heterocycles. The van der Waals surface area contributed by atoms with E-state index in [4.69, 9.17) is 0 Å². The third-order valence-electron chi connectivity index (χ3n) is 3.11. The third kappa shape index (κ3) is 2.42. The SMILES string of the molecule is CC[C@@H](NC(=O)c1ccsc1)c1cn2cccnc2n1. The van der Waals surface area contributed by atoms with Crippen molar-refractivity contribution in [3.63, 3.8) is 0 Å². The molecule has 20 heavy (non-hydrogen) atoms. The number of carbonyl (C=O) groups is 1. The van der Waals surface area contributed by atoms with E-state index in [0.29, 0.717) is 11.3 Å². The van der Waals surface area contributed by atoms with Crippen molar-refractivity contribution in [2.24, 2.45) is 0 Å². The van der Waals surface area contributed by atoms with E-state index in [0.717, 1.165) is 12.1 Å². The van der Waals surface area contributed by atoms with Crippen LogP contribution in [-0.4, -0.2) is 20.3 Å². The summed E-state index contributed by atoms with van der Waals surface area (Å²) in [5.41, 5.74) is 1.52. The Labute approximate surface area is 120 Å². The van der Waals surface area contributed by atoms with E-state index in [1.54, 1.807) is 6.20 Å². The molecule has 102 valence electrons. The molecule has 6 heteroatoms. The van der Waals surface area contributed by atoms with Gasteiger partial charge in [0.1, 0.15) is 0 Å². The minimum atomic E-state index is -0.107. The molecular weight excluding hydrogens is 272 g/mol. The van der Waals surface area contributed by atoms with Crippen molar-refractivity contribution in [2.45, 2.75) is 19.4 Å². The van der Waals surface area contributed by atoms with Gasteiger partial charge in [0.05, 0.1) is 17.3 Å². The summed E-state index contributed by atoms with van der Waals surface area (Å²) in [6, 6.07) is 3.56. The van der Waals surface area contributed by atoms with Crippen LogP contribution in [0.15, 0.2) is 41.5 Å². The fourth-order valence-electron chi connectivity index (χ4n) is 2.04. The molecule has 0 unspecified atom stereocenters. The number of thiophene rings is 1. The number of imidazole rings is 1. The van der Waals surface area contributed by atoms with Gasteiger partial charge in [0.2, 0.25) is 5.78 Å². The highest BCUT2D eigenvalue weighted by Crippen LogP contribution is 2.17. The third-order valence-corrected chi connectivity index (χ3v) is 3.79. The Bertz CT molecular complexity index is 687. The van der Waals surface area contributed by atoms with Gasteiger partial charge in [0.25, 0.3) is 5.91 Å². The van der Waals surface area contributed by atoms with Gasteiger partial charge in [-0.05, 0) is 23.9 Å². The number of aromatic nitrogens is 3. The molecule has 0 aliphatic carbocycles. The van der Waals surface area contributed by atoms with E-state index >= 15 is 0 Å². The summed E-state index contributed by atoms with van der Waals surface area (Å²) in [6.45, 7) is 2.02. The first-order valence-corrected chi connectivity index (χ1v) is 7.35. The molecule has 0 spiro atoms. The fraction of sp³-hybridized carbons (Fsp3) is 0.214. The molecule has 0 saturated carbocycles. The Hall–Kier alpha value is -2.21. The van der Waals surface area contributed by atoms with Gasteiger partial charge in [-0.2, -0.15) is 11.3 Å². The maximum atomic E-state index is 12.1. The number of amides is 1. The zero-order chi connectivity index (χ0) is 13.9. The second-order valence-electron chi connectivity index (χ2n) is 4.44. The molecule has 0 saturated heterocycles. The minimum absolute atomic E-state index is 0.0666. The number of carbonyl (C=O) groups excluding carboxylic acids is 1. The summed E-state index contributed by atoms with van der Waals surface area (Å²) < 4.78 is 1.86. The first-order chi connectivity index (χ1) is 9.78. The number of nitrogens with zero attached hydrogens (tertiary/aromatic N) is 3. The van der Waals surface area contributed by atoms with Crippen LogP contribution in [0.2, 0.25) is 0 Å². The highest BCUT2D eigenvalue weighted by atomic mass is 32.1. The van der Waals surface area contributed by atoms with Gasteiger partial charge in [-0.1, -0.05) is 6.92 Å². The molecule has 3 aromatic heterocycles. The fourth-order valence-corrected chi connectivity index (χ4v) is 2.67. The summed E-state index contributed by atoms with van der Waals surface area (Å²) in [6.07, 6.45) is 6.29.